The van der Waals surface area contributed by atoms with Gasteiger partial charge in [0.25, 0.3) is 0 Å². The summed E-state index contributed by atoms with van der Waals surface area (Å²) in [5, 5.41) is 6.62. The topological polar surface area (TPSA) is 101 Å². The molecule has 1 aliphatic carbocycles. The fourth-order valence-corrected chi connectivity index (χ4v) is 4.43. The van der Waals surface area contributed by atoms with E-state index in [0.29, 0.717) is 11.4 Å². The standard InChI is InChI=1S/C12H22N4O2S/c1-8-11(10(7-13)15-14-8)19(17,18)16-9-4-5-12(2,3)6-9/h9,16H,4-7,13H2,1-3H3,(H,14,15). The lowest BCUT2D eigenvalue weighted by Gasteiger charge is -2.18. The third-order valence-electron chi connectivity index (χ3n) is 3.71. The quantitative estimate of drug-likeness (QED) is 0.769. The summed E-state index contributed by atoms with van der Waals surface area (Å²) in [6.07, 6.45) is 2.77. The van der Waals surface area contributed by atoms with Crippen LogP contribution in [-0.4, -0.2) is 24.7 Å². The monoisotopic (exact) mass is 286 g/mol. The van der Waals surface area contributed by atoms with Gasteiger partial charge in [0, 0.05) is 12.6 Å². The fourth-order valence-electron chi connectivity index (χ4n) is 2.78. The Labute approximate surface area is 114 Å². The van der Waals surface area contributed by atoms with Crippen LogP contribution in [0.15, 0.2) is 4.90 Å². The SMILES string of the molecule is Cc1[nH]nc(CN)c1S(=O)(=O)NC1CCC(C)(C)C1. The molecule has 1 aliphatic rings. The van der Waals surface area contributed by atoms with Gasteiger partial charge in [-0.1, -0.05) is 13.8 Å². The number of rotatable bonds is 4. The summed E-state index contributed by atoms with van der Waals surface area (Å²) in [5.41, 5.74) is 6.66. The maximum absolute atomic E-state index is 12.4. The first-order valence-corrected chi connectivity index (χ1v) is 8.00. The molecule has 0 aromatic carbocycles. The molecule has 1 aromatic rings. The molecule has 0 spiro atoms. The molecule has 0 saturated heterocycles. The van der Waals surface area contributed by atoms with Crippen LogP contribution in [0.1, 0.15) is 44.5 Å². The van der Waals surface area contributed by atoms with E-state index in [0.717, 1.165) is 19.3 Å². The average molecular weight is 286 g/mol. The zero-order valence-electron chi connectivity index (χ0n) is 11.7. The predicted octanol–water partition coefficient (Wildman–Crippen LogP) is 1.03. The zero-order valence-corrected chi connectivity index (χ0v) is 12.5. The van der Waals surface area contributed by atoms with Crippen LogP contribution in [0.3, 0.4) is 0 Å². The van der Waals surface area contributed by atoms with Gasteiger partial charge in [0.1, 0.15) is 4.90 Å². The molecule has 0 radical (unpaired) electrons. The molecule has 1 fully saturated rings. The van der Waals surface area contributed by atoms with Gasteiger partial charge in [0.2, 0.25) is 10.0 Å². The Morgan fingerprint density at radius 1 is 1.53 bits per heavy atom. The van der Waals surface area contributed by atoms with Crippen molar-refractivity contribution in [3.05, 3.63) is 11.4 Å². The molecule has 4 N–H and O–H groups in total. The molecule has 1 saturated carbocycles. The van der Waals surface area contributed by atoms with Crippen LogP contribution < -0.4 is 10.5 Å². The van der Waals surface area contributed by atoms with E-state index in [1.165, 1.54) is 0 Å². The first-order chi connectivity index (χ1) is 8.75. The lowest BCUT2D eigenvalue weighted by atomic mass is 9.92. The van der Waals surface area contributed by atoms with Crippen molar-refractivity contribution in [2.75, 3.05) is 0 Å². The highest BCUT2D eigenvalue weighted by atomic mass is 32.2. The largest absolute Gasteiger partial charge is 0.325 e. The highest BCUT2D eigenvalue weighted by molar-refractivity contribution is 7.89. The minimum atomic E-state index is -3.55. The van der Waals surface area contributed by atoms with Crippen molar-refractivity contribution in [2.45, 2.75) is 57.5 Å². The summed E-state index contributed by atoms with van der Waals surface area (Å²) in [6, 6.07) is -0.0000699. The molecule has 1 unspecified atom stereocenters. The van der Waals surface area contributed by atoms with Gasteiger partial charge in [0.15, 0.2) is 0 Å². The molecular weight excluding hydrogens is 264 g/mol. The summed E-state index contributed by atoms with van der Waals surface area (Å²) >= 11 is 0. The second-order valence-corrected chi connectivity index (χ2v) is 7.70. The Morgan fingerprint density at radius 2 is 2.21 bits per heavy atom. The van der Waals surface area contributed by atoms with E-state index in [1.807, 2.05) is 0 Å². The van der Waals surface area contributed by atoms with Gasteiger partial charge in [-0.15, -0.1) is 0 Å². The molecule has 1 heterocycles. The number of nitrogens with one attached hydrogen (secondary N) is 2. The van der Waals surface area contributed by atoms with Crippen molar-refractivity contribution in [1.82, 2.24) is 14.9 Å². The van der Waals surface area contributed by atoms with Crippen LogP contribution in [0, 0.1) is 12.3 Å². The minimum Gasteiger partial charge on any atom is -0.325 e. The number of H-pyrrole nitrogens is 1. The third-order valence-corrected chi connectivity index (χ3v) is 5.44. The van der Waals surface area contributed by atoms with Gasteiger partial charge >= 0.3 is 0 Å². The van der Waals surface area contributed by atoms with E-state index in [-0.39, 0.29) is 22.9 Å². The maximum atomic E-state index is 12.4. The van der Waals surface area contributed by atoms with Crippen molar-refractivity contribution in [3.63, 3.8) is 0 Å². The van der Waals surface area contributed by atoms with E-state index in [4.69, 9.17) is 5.73 Å². The highest BCUT2D eigenvalue weighted by Crippen LogP contribution is 2.37. The van der Waals surface area contributed by atoms with Crippen LogP contribution in [0.2, 0.25) is 0 Å². The van der Waals surface area contributed by atoms with Gasteiger partial charge in [-0.3, -0.25) is 5.10 Å². The van der Waals surface area contributed by atoms with E-state index in [9.17, 15) is 8.42 Å². The van der Waals surface area contributed by atoms with Gasteiger partial charge in [-0.25, -0.2) is 13.1 Å². The Hall–Kier alpha value is -0.920. The molecule has 0 bridgehead atoms. The molecular formula is C12H22N4O2S. The van der Waals surface area contributed by atoms with E-state index >= 15 is 0 Å². The molecule has 6 nitrogen and oxygen atoms in total. The number of nitrogens with two attached hydrogens (primary N) is 1. The van der Waals surface area contributed by atoms with E-state index in [2.05, 4.69) is 28.8 Å². The van der Waals surface area contributed by atoms with Crippen molar-refractivity contribution in [3.8, 4) is 0 Å². The summed E-state index contributed by atoms with van der Waals surface area (Å²) < 4.78 is 27.7. The first-order valence-electron chi connectivity index (χ1n) is 6.51. The fraction of sp³-hybridized carbons (Fsp3) is 0.750. The zero-order chi connectivity index (χ0) is 14.3. The Kier molecular flexibility index (Phi) is 3.72. The summed E-state index contributed by atoms with van der Waals surface area (Å²) in [4.78, 5) is 0.208. The van der Waals surface area contributed by atoms with Crippen LogP contribution in [-0.2, 0) is 16.6 Å². The molecule has 2 rings (SSSR count). The molecule has 19 heavy (non-hydrogen) atoms. The second-order valence-electron chi connectivity index (χ2n) is 6.05. The lowest BCUT2D eigenvalue weighted by molar-refractivity contribution is 0.372. The predicted molar refractivity (Wildman–Crippen MR) is 73.0 cm³/mol. The van der Waals surface area contributed by atoms with E-state index < -0.39 is 10.0 Å². The van der Waals surface area contributed by atoms with Crippen molar-refractivity contribution >= 4 is 10.0 Å². The summed E-state index contributed by atoms with van der Waals surface area (Å²) in [5.74, 6) is 0. The lowest BCUT2D eigenvalue weighted by Crippen LogP contribution is -2.34. The average Bonchev–Trinajstić information content (AvgIpc) is 2.81. The number of hydrogen-bond acceptors (Lipinski definition) is 4. The summed E-state index contributed by atoms with van der Waals surface area (Å²) in [7, 11) is -3.55. The Morgan fingerprint density at radius 3 is 2.74 bits per heavy atom. The minimum absolute atomic E-state index is 0.0000699. The van der Waals surface area contributed by atoms with Gasteiger partial charge in [0.05, 0.1) is 11.4 Å². The van der Waals surface area contributed by atoms with Gasteiger partial charge in [-0.05, 0) is 31.6 Å². The number of aromatic nitrogens is 2. The molecule has 1 atom stereocenters. The second kappa shape index (κ2) is 4.88. The Balaban J connectivity index is 2.22. The van der Waals surface area contributed by atoms with Gasteiger partial charge in [-0.2, -0.15) is 5.10 Å². The maximum Gasteiger partial charge on any atom is 0.244 e. The van der Waals surface area contributed by atoms with Crippen molar-refractivity contribution in [2.24, 2.45) is 11.1 Å². The summed E-state index contributed by atoms with van der Waals surface area (Å²) in [6.45, 7) is 6.13. The molecule has 0 aliphatic heterocycles. The van der Waals surface area contributed by atoms with Crippen LogP contribution in [0.5, 0.6) is 0 Å². The van der Waals surface area contributed by atoms with Crippen molar-refractivity contribution < 1.29 is 8.42 Å². The van der Waals surface area contributed by atoms with Crippen LogP contribution in [0.4, 0.5) is 0 Å². The number of aromatic amines is 1. The molecule has 0 amide bonds. The molecule has 108 valence electrons. The Bertz CT molecular complexity index is 562. The van der Waals surface area contributed by atoms with Crippen LogP contribution in [0.25, 0.3) is 0 Å². The van der Waals surface area contributed by atoms with Crippen LogP contribution >= 0.6 is 0 Å². The smallest absolute Gasteiger partial charge is 0.244 e. The first kappa shape index (κ1) is 14.5. The van der Waals surface area contributed by atoms with Crippen molar-refractivity contribution in [1.29, 1.82) is 0 Å². The number of sulfonamides is 1. The number of hydrogen-bond donors (Lipinski definition) is 3. The van der Waals surface area contributed by atoms with E-state index in [1.54, 1.807) is 6.92 Å². The molecule has 1 aromatic heterocycles. The third kappa shape index (κ3) is 2.98. The van der Waals surface area contributed by atoms with Gasteiger partial charge < -0.3 is 5.73 Å². The normalized spacial score (nSPS) is 22.8. The number of aryl methyl sites for hydroxylation is 1. The molecule has 7 heteroatoms. The highest BCUT2D eigenvalue weighted by Gasteiger charge is 2.34. The number of nitrogens with zero attached hydrogens (tertiary/aromatic N) is 1.